The first-order chi connectivity index (χ1) is 12.1. The minimum Gasteiger partial charge on any atom is -0.423 e. The Balaban J connectivity index is 1.74. The molecule has 0 unspecified atom stereocenters. The van der Waals surface area contributed by atoms with Gasteiger partial charge in [-0.2, -0.15) is 0 Å². The van der Waals surface area contributed by atoms with E-state index in [1.165, 1.54) is 12.1 Å². The van der Waals surface area contributed by atoms with Gasteiger partial charge in [-0.3, -0.25) is 10.7 Å². The molecule has 0 bridgehead atoms. The van der Waals surface area contributed by atoms with Gasteiger partial charge in [-0.05, 0) is 53.6 Å². The third-order valence-electron chi connectivity index (χ3n) is 3.63. The number of hydrogen-bond donors (Lipinski definition) is 3. The summed E-state index contributed by atoms with van der Waals surface area (Å²) in [7, 11) is 0. The van der Waals surface area contributed by atoms with Gasteiger partial charge in [-0.25, -0.2) is 9.18 Å². The van der Waals surface area contributed by atoms with Crippen molar-refractivity contribution in [2.75, 3.05) is 11.2 Å². The molecule has 0 fully saturated rings. The molecule has 3 aromatic rings. The third-order valence-corrected chi connectivity index (χ3v) is 3.63. The second-order valence-corrected chi connectivity index (χ2v) is 5.34. The second-order valence-electron chi connectivity index (χ2n) is 5.34. The zero-order valence-corrected chi connectivity index (χ0v) is 13.1. The summed E-state index contributed by atoms with van der Waals surface area (Å²) in [5, 5.41) is 8.82. The Morgan fingerprint density at radius 1 is 0.960 bits per heavy atom. The molecule has 126 valence electrons. The van der Waals surface area contributed by atoms with Crippen molar-refractivity contribution in [3.05, 3.63) is 78.1 Å². The number of nitrogens with one attached hydrogen (secondary N) is 1. The van der Waals surface area contributed by atoms with Crippen molar-refractivity contribution >= 4 is 17.3 Å². The monoisotopic (exact) mass is 338 g/mol. The van der Waals surface area contributed by atoms with Crippen LogP contribution in [0, 0.1) is 5.82 Å². The minimum atomic E-state index is -0.788. The van der Waals surface area contributed by atoms with Crippen LogP contribution in [0.4, 0.5) is 15.8 Å². The molecule has 0 spiro atoms. The Kier molecular flexibility index (Phi) is 4.63. The maximum atomic E-state index is 13.7. The Bertz CT molecular complexity index is 894. The lowest BCUT2D eigenvalue weighted by molar-refractivity contribution is 0.0730. The smallest absolute Gasteiger partial charge is 0.346 e. The number of nitrogens with two attached hydrogens (primary N) is 1. The first-order valence-corrected chi connectivity index (χ1v) is 7.44. The summed E-state index contributed by atoms with van der Waals surface area (Å²) in [6.45, 7) is 0. The third kappa shape index (κ3) is 3.76. The van der Waals surface area contributed by atoms with Crippen molar-refractivity contribution in [2.45, 2.75) is 0 Å². The molecular weight excluding hydrogens is 323 g/mol. The quantitative estimate of drug-likeness (QED) is 0.289. The number of carbonyl (C=O) groups excluding carboxylic acids is 1. The van der Waals surface area contributed by atoms with Gasteiger partial charge in [0.25, 0.3) is 0 Å². The first kappa shape index (κ1) is 16.5. The maximum Gasteiger partial charge on any atom is 0.346 e. The predicted molar refractivity (Wildman–Crippen MR) is 93.1 cm³/mol. The van der Waals surface area contributed by atoms with Gasteiger partial charge in [-0.15, -0.1) is 0 Å². The van der Waals surface area contributed by atoms with Crippen molar-refractivity contribution in [3.63, 3.8) is 0 Å². The minimum absolute atomic E-state index is 0.176. The lowest BCUT2D eigenvalue weighted by atomic mass is 10.1. The lowest BCUT2D eigenvalue weighted by Gasteiger charge is -2.07. The van der Waals surface area contributed by atoms with Gasteiger partial charge in [0.1, 0.15) is 11.6 Å². The highest BCUT2D eigenvalue weighted by atomic mass is 19.1. The molecule has 0 aliphatic rings. The fourth-order valence-electron chi connectivity index (χ4n) is 2.31. The van der Waals surface area contributed by atoms with Gasteiger partial charge in [0, 0.05) is 5.69 Å². The van der Waals surface area contributed by atoms with Gasteiger partial charge in [0.2, 0.25) is 0 Å². The van der Waals surface area contributed by atoms with Gasteiger partial charge < -0.3 is 10.5 Å². The van der Waals surface area contributed by atoms with E-state index in [0.29, 0.717) is 11.4 Å². The van der Waals surface area contributed by atoms with E-state index in [1.807, 2.05) is 12.1 Å². The zero-order chi connectivity index (χ0) is 17.8. The number of esters is 1. The summed E-state index contributed by atoms with van der Waals surface area (Å²) in [6.07, 6.45) is 0. The molecule has 0 saturated carbocycles. The fourth-order valence-corrected chi connectivity index (χ4v) is 2.31. The average molecular weight is 338 g/mol. The number of anilines is 2. The first-order valence-electron chi connectivity index (χ1n) is 7.44. The SMILES string of the molecule is Nc1ccc(C(=O)Oc2ccc(-c3ccc(NO)cc3)cc2)c(F)c1. The highest BCUT2D eigenvalue weighted by Gasteiger charge is 2.14. The Hall–Kier alpha value is -3.38. The van der Waals surface area contributed by atoms with E-state index in [0.717, 1.165) is 17.2 Å². The van der Waals surface area contributed by atoms with Crippen LogP contribution in [-0.2, 0) is 0 Å². The number of rotatable bonds is 4. The van der Waals surface area contributed by atoms with Crippen LogP contribution >= 0.6 is 0 Å². The van der Waals surface area contributed by atoms with E-state index in [-0.39, 0.29) is 11.3 Å². The van der Waals surface area contributed by atoms with Gasteiger partial charge >= 0.3 is 5.97 Å². The number of benzene rings is 3. The molecule has 0 saturated heterocycles. The number of ether oxygens (including phenoxy) is 1. The van der Waals surface area contributed by atoms with Crippen molar-refractivity contribution in [1.29, 1.82) is 0 Å². The van der Waals surface area contributed by atoms with Crippen LogP contribution in [0.5, 0.6) is 5.75 Å². The average Bonchev–Trinajstić information content (AvgIpc) is 2.62. The molecular formula is C19H15FN2O3. The Morgan fingerprint density at radius 2 is 1.56 bits per heavy atom. The fraction of sp³-hybridized carbons (Fsp3) is 0. The van der Waals surface area contributed by atoms with Crippen LogP contribution < -0.4 is 16.0 Å². The molecule has 6 heteroatoms. The lowest BCUT2D eigenvalue weighted by Crippen LogP contribution is -2.10. The van der Waals surface area contributed by atoms with Gasteiger partial charge in [0.05, 0.1) is 11.3 Å². The van der Waals surface area contributed by atoms with Crippen molar-refractivity contribution in [3.8, 4) is 16.9 Å². The van der Waals surface area contributed by atoms with Gasteiger partial charge in [0.15, 0.2) is 0 Å². The molecule has 25 heavy (non-hydrogen) atoms. The molecule has 0 aromatic heterocycles. The van der Waals surface area contributed by atoms with Crippen molar-refractivity contribution in [2.24, 2.45) is 0 Å². The van der Waals surface area contributed by atoms with E-state index < -0.39 is 11.8 Å². The molecule has 4 N–H and O–H groups in total. The van der Waals surface area contributed by atoms with E-state index in [9.17, 15) is 9.18 Å². The number of nitrogen functional groups attached to an aromatic ring is 1. The summed E-state index contributed by atoms with van der Waals surface area (Å²) in [5.41, 5.74) is 10.0. The number of hydrogen-bond acceptors (Lipinski definition) is 5. The van der Waals surface area contributed by atoms with Crippen molar-refractivity contribution < 1.29 is 19.1 Å². The summed E-state index contributed by atoms with van der Waals surface area (Å²) in [5.74, 6) is -1.21. The normalized spacial score (nSPS) is 10.3. The van der Waals surface area contributed by atoms with Crippen LogP contribution in [0.15, 0.2) is 66.7 Å². The van der Waals surface area contributed by atoms with E-state index in [2.05, 4.69) is 5.48 Å². The molecule has 0 aliphatic carbocycles. The molecule has 3 aromatic carbocycles. The van der Waals surface area contributed by atoms with E-state index in [4.69, 9.17) is 15.7 Å². The molecule has 0 amide bonds. The topological polar surface area (TPSA) is 84.6 Å². The summed E-state index contributed by atoms with van der Waals surface area (Å²) in [6, 6.07) is 17.7. The summed E-state index contributed by atoms with van der Waals surface area (Å²) < 4.78 is 18.9. The van der Waals surface area contributed by atoms with E-state index >= 15 is 0 Å². The van der Waals surface area contributed by atoms with Crippen LogP contribution in [-0.4, -0.2) is 11.2 Å². The standard InChI is InChI=1S/C19H15FN2O3/c20-18-11-14(21)5-10-17(18)19(23)25-16-8-3-13(4-9-16)12-1-6-15(22-24)7-2-12/h1-11,22,24H,21H2. The molecule has 0 aliphatic heterocycles. The van der Waals surface area contributed by atoms with Crippen molar-refractivity contribution in [1.82, 2.24) is 0 Å². The molecule has 3 rings (SSSR count). The second kappa shape index (κ2) is 7.02. The highest BCUT2D eigenvalue weighted by Crippen LogP contribution is 2.24. The van der Waals surface area contributed by atoms with Crippen LogP contribution in [0.1, 0.15) is 10.4 Å². The predicted octanol–water partition coefficient (Wildman–Crippen LogP) is 4.10. The van der Waals surface area contributed by atoms with Gasteiger partial charge in [-0.1, -0.05) is 24.3 Å². The number of carbonyl (C=O) groups is 1. The molecule has 0 radical (unpaired) electrons. The Morgan fingerprint density at radius 3 is 2.12 bits per heavy atom. The molecule has 0 atom stereocenters. The summed E-state index contributed by atoms with van der Waals surface area (Å²) >= 11 is 0. The number of halogens is 1. The maximum absolute atomic E-state index is 13.7. The highest BCUT2D eigenvalue weighted by molar-refractivity contribution is 5.91. The van der Waals surface area contributed by atoms with E-state index in [1.54, 1.807) is 36.4 Å². The largest absolute Gasteiger partial charge is 0.423 e. The van der Waals surface area contributed by atoms with Crippen LogP contribution in [0.2, 0.25) is 0 Å². The van der Waals surface area contributed by atoms with Crippen LogP contribution in [0.3, 0.4) is 0 Å². The molecule has 0 heterocycles. The molecule has 5 nitrogen and oxygen atoms in total. The summed E-state index contributed by atoms with van der Waals surface area (Å²) in [4.78, 5) is 12.0. The van der Waals surface area contributed by atoms with Crippen LogP contribution in [0.25, 0.3) is 11.1 Å². The zero-order valence-electron chi connectivity index (χ0n) is 13.1. The Labute approximate surface area is 143 Å².